The topological polar surface area (TPSA) is 92.9 Å². The maximum Gasteiger partial charge on any atom is 0.320 e. The van der Waals surface area contributed by atoms with E-state index in [9.17, 15) is 9.59 Å². The molecule has 1 rings (SSSR count). The van der Waals surface area contributed by atoms with Gasteiger partial charge in [-0.05, 0) is 12.8 Å². The molecule has 1 fully saturated rings. The lowest BCUT2D eigenvalue weighted by atomic mass is 10.1. The minimum atomic E-state index is -0.961. The zero-order chi connectivity index (χ0) is 11.3. The Balaban J connectivity index is 1.92. The highest BCUT2D eigenvalue weighted by atomic mass is 16.6. The lowest BCUT2D eigenvalue weighted by Gasteiger charge is -2.04. The first-order valence-electron chi connectivity index (χ1n) is 5.24. The zero-order valence-electron chi connectivity index (χ0n) is 8.65. The van der Waals surface area contributed by atoms with Gasteiger partial charge in [0.05, 0.1) is 6.61 Å². The molecule has 1 unspecified atom stereocenters. The number of ether oxygens (including phenoxy) is 1. The molecule has 86 valence electrons. The second-order valence-corrected chi connectivity index (χ2v) is 3.83. The molecule has 5 nitrogen and oxygen atoms in total. The Hall–Kier alpha value is -0.940. The van der Waals surface area contributed by atoms with E-state index in [4.69, 9.17) is 15.6 Å². The van der Waals surface area contributed by atoms with E-state index in [2.05, 4.69) is 0 Å². The lowest BCUT2D eigenvalue weighted by molar-refractivity contribution is -0.138. The van der Waals surface area contributed by atoms with Gasteiger partial charge in [-0.3, -0.25) is 9.59 Å². The van der Waals surface area contributed by atoms with Crippen molar-refractivity contribution in [1.82, 2.24) is 0 Å². The van der Waals surface area contributed by atoms with Crippen LogP contribution in [0.4, 0.5) is 0 Å². The predicted molar refractivity (Wildman–Crippen MR) is 53.4 cm³/mol. The van der Waals surface area contributed by atoms with Crippen LogP contribution in [0.1, 0.15) is 32.1 Å². The summed E-state index contributed by atoms with van der Waals surface area (Å²) in [6, 6.07) is -0.771. The first kappa shape index (κ1) is 12.1. The highest BCUT2D eigenvalue weighted by Gasteiger charge is 2.29. The number of unbranched alkanes of at least 4 members (excludes halogenated alkanes) is 2. The van der Waals surface area contributed by atoms with Crippen molar-refractivity contribution in [3.63, 3.8) is 0 Å². The summed E-state index contributed by atoms with van der Waals surface area (Å²) < 4.78 is 4.85. The van der Waals surface area contributed by atoms with Gasteiger partial charge < -0.3 is 15.6 Å². The van der Waals surface area contributed by atoms with Gasteiger partial charge in [-0.15, -0.1) is 0 Å². The molecule has 0 amide bonds. The molecule has 0 saturated carbocycles. The third-order valence-electron chi connectivity index (χ3n) is 2.45. The number of carbonyl (C=O) groups is 2. The first-order valence-corrected chi connectivity index (χ1v) is 5.24. The molecule has 0 radical (unpaired) electrons. The molecule has 5 heteroatoms. The van der Waals surface area contributed by atoms with Gasteiger partial charge in [0, 0.05) is 6.42 Å². The van der Waals surface area contributed by atoms with Gasteiger partial charge in [0.2, 0.25) is 0 Å². The van der Waals surface area contributed by atoms with Gasteiger partial charge in [-0.25, -0.2) is 0 Å². The summed E-state index contributed by atoms with van der Waals surface area (Å²) in [5.41, 5.74) is 5.33. The third-order valence-corrected chi connectivity index (χ3v) is 2.45. The summed E-state index contributed by atoms with van der Waals surface area (Å²) in [6.07, 6.45) is 3.26. The molecular formula is C10H17NO4. The Morgan fingerprint density at radius 3 is 2.60 bits per heavy atom. The molecule has 0 aromatic rings. The number of hydrogen-bond acceptors (Lipinski definition) is 4. The molecule has 3 N–H and O–H groups in total. The van der Waals surface area contributed by atoms with Gasteiger partial charge in [0.25, 0.3) is 0 Å². The van der Waals surface area contributed by atoms with E-state index in [-0.39, 0.29) is 11.9 Å². The van der Waals surface area contributed by atoms with Crippen LogP contribution in [0, 0.1) is 0 Å². The number of ketones is 1. The molecule has 1 saturated heterocycles. The van der Waals surface area contributed by atoms with E-state index in [1.807, 2.05) is 0 Å². The molecule has 0 spiro atoms. The molecule has 0 aliphatic carbocycles. The molecule has 15 heavy (non-hydrogen) atoms. The summed E-state index contributed by atoms with van der Waals surface area (Å²) in [7, 11) is 0. The summed E-state index contributed by atoms with van der Waals surface area (Å²) in [4.78, 5) is 21.5. The number of carboxylic acids is 1. The van der Waals surface area contributed by atoms with Crippen LogP contribution >= 0.6 is 0 Å². The smallest absolute Gasteiger partial charge is 0.320 e. The molecule has 0 aromatic carbocycles. The quantitative estimate of drug-likeness (QED) is 0.449. The average Bonchev–Trinajstić information content (AvgIpc) is 2.99. The van der Waals surface area contributed by atoms with Crippen LogP contribution in [0.25, 0.3) is 0 Å². The highest BCUT2D eigenvalue weighted by molar-refractivity contribution is 5.84. The van der Waals surface area contributed by atoms with Crippen LogP contribution < -0.4 is 5.73 Å². The second kappa shape index (κ2) is 5.82. The normalized spacial score (nSPS) is 21.0. The second-order valence-electron chi connectivity index (χ2n) is 3.83. The fourth-order valence-corrected chi connectivity index (χ4v) is 1.36. The summed E-state index contributed by atoms with van der Waals surface area (Å²) in [5, 5.41) is 8.51. The number of Topliss-reactive ketones (excluding diaryl/α,β-unsaturated/α-hetero) is 1. The van der Waals surface area contributed by atoms with Gasteiger partial charge in [0.1, 0.15) is 12.1 Å². The van der Waals surface area contributed by atoms with Gasteiger partial charge in [-0.1, -0.05) is 12.8 Å². The molecule has 0 aromatic heterocycles. The van der Waals surface area contributed by atoms with E-state index in [0.29, 0.717) is 19.4 Å². The van der Waals surface area contributed by atoms with Crippen LogP contribution in [-0.2, 0) is 14.3 Å². The van der Waals surface area contributed by atoms with Crippen molar-refractivity contribution < 1.29 is 19.4 Å². The standard InChI is InChI=1S/C10H17NO4/c11-7(10(13)14)4-2-1-3-5-8(12)9-6-15-9/h7,9H,1-6,11H2,(H,13,14)/t7-,9?/m0/s1. The van der Waals surface area contributed by atoms with Crippen molar-refractivity contribution >= 4 is 11.8 Å². The van der Waals surface area contributed by atoms with Crippen LogP contribution in [-0.4, -0.2) is 35.6 Å². The van der Waals surface area contributed by atoms with Crippen molar-refractivity contribution in [3.8, 4) is 0 Å². The minimum Gasteiger partial charge on any atom is -0.480 e. The highest BCUT2D eigenvalue weighted by Crippen LogP contribution is 2.14. The number of carboxylic acid groups (broad SMARTS) is 1. The number of epoxide rings is 1. The maximum atomic E-state index is 11.2. The molecule has 1 aliphatic heterocycles. The monoisotopic (exact) mass is 215 g/mol. The molecule has 1 aliphatic rings. The Morgan fingerprint density at radius 2 is 2.07 bits per heavy atom. The van der Waals surface area contributed by atoms with Crippen LogP contribution in [0.5, 0.6) is 0 Å². The van der Waals surface area contributed by atoms with E-state index < -0.39 is 12.0 Å². The number of aliphatic carboxylic acids is 1. The minimum absolute atomic E-state index is 0.147. The summed E-state index contributed by atoms with van der Waals surface area (Å²) >= 11 is 0. The van der Waals surface area contributed by atoms with Crippen LogP contribution in [0.3, 0.4) is 0 Å². The Kier molecular flexibility index (Phi) is 4.71. The van der Waals surface area contributed by atoms with E-state index >= 15 is 0 Å². The third kappa shape index (κ3) is 4.90. The average molecular weight is 215 g/mol. The van der Waals surface area contributed by atoms with E-state index in [0.717, 1.165) is 19.3 Å². The van der Waals surface area contributed by atoms with Crippen molar-refractivity contribution in [1.29, 1.82) is 0 Å². The van der Waals surface area contributed by atoms with E-state index in [1.54, 1.807) is 0 Å². The SMILES string of the molecule is N[C@@H](CCCCCC(=O)C1CO1)C(=O)O. The Bertz CT molecular complexity index is 238. The van der Waals surface area contributed by atoms with Gasteiger partial charge in [-0.2, -0.15) is 0 Å². The largest absolute Gasteiger partial charge is 0.480 e. The number of carbonyl (C=O) groups excluding carboxylic acids is 1. The molecular weight excluding hydrogens is 198 g/mol. The zero-order valence-corrected chi connectivity index (χ0v) is 8.65. The van der Waals surface area contributed by atoms with Gasteiger partial charge >= 0.3 is 5.97 Å². The Morgan fingerprint density at radius 1 is 1.40 bits per heavy atom. The Labute approximate surface area is 88.6 Å². The van der Waals surface area contributed by atoms with Crippen molar-refractivity contribution in [3.05, 3.63) is 0 Å². The first-order chi connectivity index (χ1) is 7.11. The van der Waals surface area contributed by atoms with Crippen molar-refractivity contribution in [2.45, 2.75) is 44.2 Å². The number of nitrogens with two attached hydrogens (primary N) is 1. The predicted octanol–water partition coefficient (Wildman–Crippen LogP) is 0.317. The van der Waals surface area contributed by atoms with Crippen molar-refractivity contribution in [2.24, 2.45) is 5.73 Å². The molecule has 1 heterocycles. The maximum absolute atomic E-state index is 11.2. The van der Waals surface area contributed by atoms with Crippen LogP contribution in [0.2, 0.25) is 0 Å². The summed E-state index contributed by atoms with van der Waals surface area (Å²) in [6.45, 7) is 0.572. The van der Waals surface area contributed by atoms with Gasteiger partial charge in [0.15, 0.2) is 5.78 Å². The summed E-state index contributed by atoms with van der Waals surface area (Å²) in [5.74, 6) is -0.796. The number of rotatable bonds is 8. The fourth-order valence-electron chi connectivity index (χ4n) is 1.36. The van der Waals surface area contributed by atoms with Crippen molar-refractivity contribution in [2.75, 3.05) is 6.61 Å². The van der Waals surface area contributed by atoms with Crippen LogP contribution in [0.15, 0.2) is 0 Å². The molecule has 2 atom stereocenters. The van der Waals surface area contributed by atoms with E-state index in [1.165, 1.54) is 0 Å². The molecule has 0 bridgehead atoms. The fraction of sp³-hybridized carbons (Fsp3) is 0.800. The number of hydrogen-bond donors (Lipinski definition) is 2. The lowest BCUT2D eigenvalue weighted by Crippen LogP contribution is -2.29.